The number of nitrogens with one attached hydrogen (secondary N) is 2. The van der Waals surface area contributed by atoms with E-state index in [0.717, 1.165) is 5.56 Å². The highest BCUT2D eigenvalue weighted by molar-refractivity contribution is 7.89. The van der Waals surface area contributed by atoms with Crippen molar-refractivity contribution in [3.05, 3.63) is 102 Å². The SMILES string of the molecule is CN(Cc1ccccc1)S(=O)(=O)c1ccc(NC(=S)NC(=O)C=Cc2ccc(F)cc2)cc1. The number of amides is 1. The van der Waals surface area contributed by atoms with E-state index in [1.165, 1.54) is 47.8 Å². The Hall–Kier alpha value is -3.40. The predicted octanol–water partition coefficient (Wildman–Crippen LogP) is 4.17. The molecule has 0 radical (unpaired) electrons. The third kappa shape index (κ3) is 7.04. The van der Waals surface area contributed by atoms with Crippen LogP contribution in [-0.2, 0) is 21.4 Å². The van der Waals surface area contributed by atoms with Crippen molar-refractivity contribution in [2.45, 2.75) is 11.4 Å². The van der Waals surface area contributed by atoms with Crippen molar-refractivity contribution in [1.29, 1.82) is 0 Å². The molecule has 1 amide bonds. The van der Waals surface area contributed by atoms with Crippen LogP contribution in [0, 0.1) is 5.82 Å². The number of carbonyl (C=O) groups excluding carboxylic acids is 1. The molecular weight excluding hydrogens is 461 g/mol. The first-order chi connectivity index (χ1) is 15.7. The fourth-order valence-electron chi connectivity index (χ4n) is 2.88. The number of nitrogens with zero attached hydrogens (tertiary/aromatic N) is 1. The van der Waals surface area contributed by atoms with Gasteiger partial charge in [0.25, 0.3) is 0 Å². The highest BCUT2D eigenvalue weighted by Gasteiger charge is 2.20. The number of anilines is 1. The fourth-order valence-corrected chi connectivity index (χ4v) is 4.25. The van der Waals surface area contributed by atoms with Crippen LogP contribution in [0.1, 0.15) is 11.1 Å². The average molecular weight is 484 g/mol. The van der Waals surface area contributed by atoms with Gasteiger partial charge in [0.05, 0.1) is 4.90 Å². The number of halogens is 1. The zero-order valence-corrected chi connectivity index (χ0v) is 19.4. The molecule has 0 atom stereocenters. The first-order valence-corrected chi connectivity index (χ1v) is 11.7. The van der Waals surface area contributed by atoms with Gasteiger partial charge in [-0.2, -0.15) is 4.31 Å². The molecule has 0 heterocycles. The lowest BCUT2D eigenvalue weighted by molar-refractivity contribution is -0.115. The molecule has 3 rings (SSSR count). The Morgan fingerprint density at radius 3 is 2.27 bits per heavy atom. The minimum atomic E-state index is -3.67. The molecule has 0 aliphatic rings. The second kappa shape index (κ2) is 11.0. The van der Waals surface area contributed by atoms with Gasteiger partial charge >= 0.3 is 0 Å². The summed E-state index contributed by atoms with van der Waals surface area (Å²) in [5.74, 6) is -0.817. The van der Waals surface area contributed by atoms with Crippen LogP contribution in [0.2, 0.25) is 0 Å². The summed E-state index contributed by atoms with van der Waals surface area (Å²) in [5, 5.41) is 5.38. The molecular formula is C24H22FN3O3S2. The number of hydrogen-bond donors (Lipinski definition) is 2. The summed E-state index contributed by atoms with van der Waals surface area (Å²) < 4.78 is 39.8. The van der Waals surface area contributed by atoms with Gasteiger partial charge in [0, 0.05) is 25.4 Å². The number of benzene rings is 3. The predicted molar refractivity (Wildman–Crippen MR) is 131 cm³/mol. The molecule has 0 aromatic heterocycles. The Labute approximate surface area is 197 Å². The lowest BCUT2D eigenvalue weighted by atomic mass is 10.2. The average Bonchev–Trinajstić information content (AvgIpc) is 2.79. The van der Waals surface area contributed by atoms with Crippen molar-refractivity contribution < 1.29 is 17.6 Å². The van der Waals surface area contributed by atoms with E-state index in [4.69, 9.17) is 12.2 Å². The van der Waals surface area contributed by atoms with Crippen LogP contribution in [0.15, 0.2) is 89.8 Å². The maximum atomic E-state index is 12.9. The Kier molecular flexibility index (Phi) is 8.05. The number of rotatable bonds is 7. The molecule has 0 aliphatic carbocycles. The van der Waals surface area contributed by atoms with Crippen LogP contribution in [0.3, 0.4) is 0 Å². The van der Waals surface area contributed by atoms with Crippen LogP contribution in [0.5, 0.6) is 0 Å². The minimum absolute atomic E-state index is 0.0561. The molecule has 0 spiro atoms. The summed E-state index contributed by atoms with van der Waals surface area (Å²) in [7, 11) is -2.14. The van der Waals surface area contributed by atoms with E-state index in [2.05, 4.69) is 10.6 Å². The lowest BCUT2D eigenvalue weighted by Crippen LogP contribution is -2.32. The van der Waals surface area contributed by atoms with Crippen molar-refractivity contribution in [3.8, 4) is 0 Å². The molecule has 0 fully saturated rings. The van der Waals surface area contributed by atoms with Gasteiger partial charge in [0.1, 0.15) is 5.82 Å². The van der Waals surface area contributed by atoms with Gasteiger partial charge in [-0.3, -0.25) is 10.1 Å². The smallest absolute Gasteiger partial charge is 0.250 e. The maximum absolute atomic E-state index is 12.9. The second-order valence-corrected chi connectivity index (χ2v) is 9.55. The zero-order valence-electron chi connectivity index (χ0n) is 17.7. The third-order valence-electron chi connectivity index (χ3n) is 4.60. The topological polar surface area (TPSA) is 78.5 Å². The first kappa shape index (κ1) is 24.2. The first-order valence-electron chi connectivity index (χ1n) is 9.90. The molecule has 3 aromatic rings. The highest BCUT2D eigenvalue weighted by Crippen LogP contribution is 2.19. The van der Waals surface area contributed by atoms with Crippen LogP contribution in [-0.4, -0.2) is 30.8 Å². The number of hydrogen-bond acceptors (Lipinski definition) is 4. The summed E-state index contributed by atoms with van der Waals surface area (Å²) >= 11 is 5.13. The van der Waals surface area contributed by atoms with Gasteiger partial charge < -0.3 is 5.32 Å². The monoisotopic (exact) mass is 483 g/mol. The van der Waals surface area contributed by atoms with Gasteiger partial charge in [0.15, 0.2) is 5.11 Å². The van der Waals surface area contributed by atoms with Crippen LogP contribution in [0.25, 0.3) is 6.08 Å². The molecule has 9 heteroatoms. The van der Waals surface area contributed by atoms with Crippen LogP contribution in [0.4, 0.5) is 10.1 Å². The molecule has 33 heavy (non-hydrogen) atoms. The summed E-state index contributed by atoms with van der Waals surface area (Å²) in [5.41, 5.74) is 2.07. The van der Waals surface area contributed by atoms with Crippen LogP contribution >= 0.6 is 12.2 Å². The largest absolute Gasteiger partial charge is 0.332 e. The standard InChI is InChI=1S/C24H22FN3O3S2/c1-28(17-19-5-3-2-4-6-19)33(30,31)22-14-12-21(13-15-22)26-24(32)27-23(29)16-9-18-7-10-20(25)11-8-18/h2-16H,17H2,1H3,(H2,26,27,29,32). The van der Waals surface area contributed by atoms with Crippen LogP contribution < -0.4 is 10.6 Å². The van der Waals surface area contributed by atoms with Gasteiger partial charge in [0.2, 0.25) is 15.9 Å². The molecule has 0 bridgehead atoms. The van der Waals surface area contributed by atoms with Crippen molar-refractivity contribution in [3.63, 3.8) is 0 Å². The quantitative estimate of drug-likeness (QED) is 0.390. The van der Waals surface area contributed by atoms with Gasteiger partial charge in [-0.25, -0.2) is 12.8 Å². The van der Waals surface area contributed by atoms with Crippen molar-refractivity contribution >= 4 is 45.0 Å². The number of carbonyl (C=O) groups is 1. The number of thiocarbonyl (C=S) groups is 1. The summed E-state index contributed by atoms with van der Waals surface area (Å²) in [6, 6.07) is 21.1. The van der Waals surface area contributed by atoms with Crippen molar-refractivity contribution in [1.82, 2.24) is 9.62 Å². The third-order valence-corrected chi connectivity index (χ3v) is 6.62. The minimum Gasteiger partial charge on any atom is -0.332 e. The van der Waals surface area contributed by atoms with E-state index in [-0.39, 0.29) is 22.4 Å². The summed E-state index contributed by atoms with van der Waals surface area (Å²) in [6.07, 6.45) is 2.81. The van der Waals surface area contributed by atoms with E-state index in [1.807, 2.05) is 30.3 Å². The summed E-state index contributed by atoms with van der Waals surface area (Å²) in [6.45, 7) is 0.255. The van der Waals surface area contributed by atoms with E-state index >= 15 is 0 Å². The Balaban J connectivity index is 1.56. The van der Waals surface area contributed by atoms with E-state index in [0.29, 0.717) is 11.3 Å². The van der Waals surface area contributed by atoms with Gasteiger partial charge in [-0.1, -0.05) is 42.5 Å². The Morgan fingerprint density at radius 2 is 1.64 bits per heavy atom. The normalized spacial score (nSPS) is 11.5. The lowest BCUT2D eigenvalue weighted by Gasteiger charge is -2.17. The molecule has 0 aliphatic heterocycles. The molecule has 0 saturated carbocycles. The highest BCUT2D eigenvalue weighted by atomic mass is 32.2. The molecule has 2 N–H and O–H groups in total. The second-order valence-electron chi connectivity index (χ2n) is 7.10. The van der Waals surface area contributed by atoms with Gasteiger partial charge in [-0.05, 0) is 65.8 Å². The van der Waals surface area contributed by atoms with Crippen molar-refractivity contribution in [2.75, 3.05) is 12.4 Å². The molecule has 0 unspecified atom stereocenters. The summed E-state index contributed by atoms with van der Waals surface area (Å²) in [4.78, 5) is 12.2. The van der Waals surface area contributed by atoms with E-state index < -0.39 is 15.9 Å². The molecule has 170 valence electrons. The Morgan fingerprint density at radius 1 is 1.00 bits per heavy atom. The van der Waals surface area contributed by atoms with Crippen molar-refractivity contribution in [2.24, 2.45) is 0 Å². The van der Waals surface area contributed by atoms with E-state index in [1.54, 1.807) is 24.3 Å². The number of sulfonamides is 1. The fraction of sp³-hybridized carbons (Fsp3) is 0.0833. The van der Waals surface area contributed by atoms with Gasteiger partial charge in [-0.15, -0.1) is 0 Å². The zero-order chi connectivity index (χ0) is 23.8. The van der Waals surface area contributed by atoms with E-state index in [9.17, 15) is 17.6 Å². The Bertz CT molecular complexity index is 1240. The molecule has 6 nitrogen and oxygen atoms in total. The molecule has 3 aromatic carbocycles. The maximum Gasteiger partial charge on any atom is 0.250 e. The molecule has 0 saturated heterocycles.